The third kappa shape index (κ3) is 3.31. The van der Waals surface area contributed by atoms with Crippen molar-refractivity contribution in [3.8, 4) is 0 Å². The van der Waals surface area contributed by atoms with Crippen LogP contribution in [0.25, 0.3) is 0 Å². The van der Waals surface area contributed by atoms with Gasteiger partial charge in [-0.25, -0.2) is 4.98 Å². The highest BCUT2D eigenvalue weighted by atomic mass is 15.3. The highest BCUT2D eigenvalue weighted by Crippen LogP contribution is 2.27. The molecule has 18 heavy (non-hydrogen) atoms. The van der Waals surface area contributed by atoms with Gasteiger partial charge in [-0.1, -0.05) is 26.7 Å². The monoisotopic (exact) mass is 250 g/mol. The summed E-state index contributed by atoms with van der Waals surface area (Å²) in [6.07, 6.45) is 9.30. The van der Waals surface area contributed by atoms with Gasteiger partial charge in [0.2, 0.25) is 0 Å². The minimum absolute atomic E-state index is 0.676. The zero-order chi connectivity index (χ0) is 12.8. The van der Waals surface area contributed by atoms with Crippen molar-refractivity contribution >= 4 is 0 Å². The second-order valence-corrected chi connectivity index (χ2v) is 5.31. The van der Waals surface area contributed by atoms with E-state index in [-0.39, 0.29) is 0 Å². The SMILES string of the molecule is CCCn1ncnc1CC1CCCCC1NCC. The molecule has 0 amide bonds. The fourth-order valence-corrected chi connectivity index (χ4v) is 3.06. The first kappa shape index (κ1) is 13.5. The van der Waals surface area contributed by atoms with Crippen molar-refractivity contribution in [1.29, 1.82) is 0 Å². The van der Waals surface area contributed by atoms with Crippen LogP contribution < -0.4 is 5.32 Å². The number of aryl methyl sites for hydroxylation is 1. The van der Waals surface area contributed by atoms with E-state index in [0.29, 0.717) is 6.04 Å². The van der Waals surface area contributed by atoms with Crippen molar-refractivity contribution in [1.82, 2.24) is 20.1 Å². The molecular weight excluding hydrogens is 224 g/mol. The molecule has 4 heteroatoms. The first-order valence-electron chi connectivity index (χ1n) is 7.45. The summed E-state index contributed by atoms with van der Waals surface area (Å²) in [6.45, 7) is 6.45. The minimum Gasteiger partial charge on any atom is -0.314 e. The van der Waals surface area contributed by atoms with E-state index < -0.39 is 0 Å². The second-order valence-electron chi connectivity index (χ2n) is 5.31. The normalized spacial score (nSPS) is 24.3. The van der Waals surface area contributed by atoms with Gasteiger partial charge in [0.1, 0.15) is 12.2 Å². The molecule has 0 aliphatic heterocycles. The molecule has 1 aromatic heterocycles. The number of hydrogen-bond acceptors (Lipinski definition) is 3. The lowest BCUT2D eigenvalue weighted by Gasteiger charge is -2.32. The van der Waals surface area contributed by atoms with Gasteiger partial charge >= 0.3 is 0 Å². The maximum absolute atomic E-state index is 4.45. The van der Waals surface area contributed by atoms with Gasteiger partial charge in [-0.2, -0.15) is 5.10 Å². The van der Waals surface area contributed by atoms with Gasteiger partial charge in [0, 0.05) is 19.0 Å². The molecule has 1 N–H and O–H groups in total. The highest BCUT2D eigenvalue weighted by molar-refractivity contribution is 4.92. The van der Waals surface area contributed by atoms with Crippen molar-refractivity contribution in [2.24, 2.45) is 5.92 Å². The average molecular weight is 250 g/mol. The summed E-state index contributed by atoms with van der Waals surface area (Å²) in [4.78, 5) is 4.45. The van der Waals surface area contributed by atoms with E-state index in [9.17, 15) is 0 Å². The summed E-state index contributed by atoms with van der Waals surface area (Å²) in [5.74, 6) is 1.91. The van der Waals surface area contributed by atoms with E-state index in [2.05, 4.69) is 33.9 Å². The maximum Gasteiger partial charge on any atom is 0.138 e. The van der Waals surface area contributed by atoms with Gasteiger partial charge < -0.3 is 5.32 Å². The van der Waals surface area contributed by atoms with Crippen LogP contribution >= 0.6 is 0 Å². The predicted octanol–water partition coefficient (Wildman–Crippen LogP) is 2.40. The molecule has 1 heterocycles. The van der Waals surface area contributed by atoms with Crippen LogP contribution in [0.3, 0.4) is 0 Å². The van der Waals surface area contributed by atoms with E-state index in [0.717, 1.165) is 31.8 Å². The zero-order valence-electron chi connectivity index (χ0n) is 11.7. The molecule has 4 nitrogen and oxygen atoms in total. The van der Waals surface area contributed by atoms with Crippen molar-refractivity contribution in [2.75, 3.05) is 6.54 Å². The Balaban J connectivity index is 1.99. The lowest BCUT2D eigenvalue weighted by atomic mass is 9.82. The Bertz CT molecular complexity index is 345. The molecule has 0 saturated heterocycles. The Morgan fingerprint density at radius 3 is 2.94 bits per heavy atom. The summed E-state index contributed by atoms with van der Waals surface area (Å²) in [6, 6.07) is 0.676. The van der Waals surface area contributed by atoms with Gasteiger partial charge in [0.05, 0.1) is 0 Å². The Labute approximate surface area is 110 Å². The molecule has 0 spiro atoms. The fourth-order valence-electron chi connectivity index (χ4n) is 3.06. The van der Waals surface area contributed by atoms with E-state index >= 15 is 0 Å². The van der Waals surface area contributed by atoms with E-state index in [1.807, 2.05) is 0 Å². The van der Waals surface area contributed by atoms with E-state index in [1.54, 1.807) is 6.33 Å². The van der Waals surface area contributed by atoms with E-state index in [1.165, 1.54) is 31.5 Å². The fraction of sp³-hybridized carbons (Fsp3) is 0.857. The topological polar surface area (TPSA) is 42.7 Å². The molecule has 1 aromatic rings. The van der Waals surface area contributed by atoms with Gasteiger partial charge in [0.15, 0.2) is 0 Å². The van der Waals surface area contributed by atoms with Crippen LogP contribution in [0.15, 0.2) is 6.33 Å². The van der Waals surface area contributed by atoms with Crippen LogP contribution in [0.1, 0.15) is 51.8 Å². The van der Waals surface area contributed by atoms with Crippen LogP contribution in [0.2, 0.25) is 0 Å². The molecule has 102 valence electrons. The second kappa shape index (κ2) is 6.88. The molecule has 2 unspecified atom stereocenters. The van der Waals surface area contributed by atoms with Crippen molar-refractivity contribution in [3.63, 3.8) is 0 Å². The van der Waals surface area contributed by atoms with Gasteiger partial charge in [-0.15, -0.1) is 0 Å². The van der Waals surface area contributed by atoms with Crippen LogP contribution in [-0.4, -0.2) is 27.4 Å². The van der Waals surface area contributed by atoms with Crippen LogP contribution in [0.5, 0.6) is 0 Å². The predicted molar refractivity (Wildman–Crippen MR) is 73.4 cm³/mol. The summed E-state index contributed by atoms with van der Waals surface area (Å²) in [5.41, 5.74) is 0. The molecule has 0 radical (unpaired) electrons. The van der Waals surface area contributed by atoms with Crippen molar-refractivity contribution in [3.05, 3.63) is 12.2 Å². The Kier molecular flexibility index (Phi) is 5.17. The molecule has 2 rings (SSSR count). The molecule has 0 aromatic carbocycles. The van der Waals surface area contributed by atoms with Gasteiger partial charge in [-0.3, -0.25) is 4.68 Å². The number of rotatable bonds is 6. The van der Waals surface area contributed by atoms with Gasteiger partial charge in [0.25, 0.3) is 0 Å². The molecule has 1 aliphatic rings. The highest BCUT2D eigenvalue weighted by Gasteiger charge is 2.25. The standard InChI is InChI=1S/C14H26N4/c1-3-9-18-14(16-11-17-18)10-12-7-5-6-8-13(12)15-4-2/h11-13,15H,3-10H2,1-2H3. The van der Waals surface area contributed by atoms with E-state index in [4.69, 9.17) is 0 Å². The minimum atomic E-state index is 0.676. The lowest BCUT2D eigenvalue weighted by molar-refractivity contribution is 0.258. The Hall–Kier alpha value is -0.900. The number of nitrogens with zero attached hydrogens (tertiary/aromatic N) is 3. The molecular formula is C14H26N4. The summed E-state index contributed by atoms with van der Waals surface area (Å²) >= 11 is 0. The molecule has 2 atom stereocenters. The Morgan fingerprint density at radius 2 is 2.17 bits per heavy atom. The smallest absolute Gasteiger partial charge is 0.138 e. The number of nitrogens with one attached hydrogen (secondary N) is 1. The Morgan fingerprint density at radius 1 is 1.33 bits per heavy atom. The van der Waals surface area contributed by atoms with Crippen LogP contribution in [-0.2, 0) is 13.0 Å². The van der Waals surface area contributed by atoms with Crippen LogP contribution in [0.4, 0.5) is 0 Å². The summed E-state index contributed by atoms with van der Waals surface area (Å²) in [5, 5.41) is 7.97. The summed E-state index contributed by atoms with van der Waals surface area (Å²) < 4.78 is 2.08. The molecule has 1 fully saturated rings. The lowest BCUT2D eigenvalue weighted by Crippen LogP contribution is -2.39. The molecule has 1 aliphatic carbocycles. The largest absolute Gasteiger partial charge is 0.314 e. The number of hydrogen-bond donors (Lipinski definition) is 1. The third-order valence-corrected chi connectivity index (χ3v) is 3.95. The third-order valence-electron chi connectivity index (χ3n) is 3.95. The van der Waals surface area contributed by atoms with Gasteiger partial charge in [-0.05, 0) is 31.7 Å². The summed E-state index contributed by atoms with van der Waals surface area (Å²) in [7, 11) is 0. The van der Waals surface area contributed by atoms with Crippen LogP contribution in [0, 0.1) is 5.92 Å². The number of aromatic nitrogens is 3. The first-order valence-corrected chi connectivity index (χ1v) is 7.45. The van der Waals surface area contributed by atoms with Crippen molar-refractivity contribution < 1.29 is 0 Å². The van der Waals surface area contributed by atoms with Crippen molar-refractivity contribution in [2.45, 2.75) is 65.0 Å². The molecule has 0 bridgehead atoms. The average Bonchev–Trinajstić information content (AvgIpc) is 2.80. The quantitative estimate of drug-likeness (QED) is 0.843. The maximum atomic E-state index is 4.45. The first-order chi connectivity index (χ1) is 8.85. The molecule has 1 saturated carbocycles. The zero-order valence-corrected chi connectivity index (χ0v) is 11.7.